The lowest BCUT2D eigenvalue weighted by Crippen LogP contribution is -2.50. The largest absolute Gasteiger partial charge is 0.349 e. The molecule has 1 N–H and O–H groups in total. The van der Waals surface area contributed by atoms with Crippen LogP contribution in [0, 0.1) is 0 Å². The molecule has 2 aliphatic heterocycles. The van der Waals surface area contributed by atoms with Crippen molar-refractivity contribution in [3.05, 3.63) is 22.7 Å². The zero-order valence-electron chi connectivity index (χ0n) is 13.1. The van der Waals surface area contributed by atoms with Gasteiger partial charge in [0.2, 0.25) is 0 Å². The maximum atomic E-state index is 12.6. The molecule has 21 heavy (non-hydrogen) atoms. The second kappa shape index (κ2) is 6.18. The molecule has 5 heteroatoms. The highest BCUT2D eigenvalue weighted by molar-refractivity contribution is 5.38. The van der Waals surface area contributed by atoms with Crippen LogP contribution in [0.25, 0.3) is 0 Å². The van der Waals surface area contributed by atoms with Gasteiger partial charge in [0.05, 0.1) is 0 Å². The summed E-state index contributed by atoms with van der Waals surface area (Å²) in [5.74, 6) is 0.646. The molecule has 1 aromatic heterocycles. The SMILES string of the molecule is CCCN(c1nccn(CC)c1=O)C1CC2CCC(C1)N2. The Bertz CT molecular complexity index is 529. The summed E-state index contributed by atoms with van der Waals surface area (Å²) in [5.41, 5.74) is 0.0549. The van der Waals surface area contributed by atoms with E-state index in [2.05, 4.69) is 22.1 Å². The van der Waals surface area contributed by atoms with Gasteiger partial charge in [-0.15, -0.1) is 0 Å². The van der Waals surface area contributed by atoms with E-state index in [-0.39, 0.29) is 5.56 Å². The molecule has 1 aromatic rings. The first-order valence-corrected chi connectivity index (χ1v) is 8.31. The van der Waals surface area contributed by atoms with Gasteiger partial charge in [0.15, 0.2) is 5.82 Å². The fourth-order valence-corrected chi connectivity index (χ4v) is 3.87. The summed E-state index contributed by atoms with van der Waals surface area (Å²) in [5, 5.41) is 3.68. The molecule has 116 valence electrons. The molecule has 3 heterocycles. The number of hydrogen-bond acceptors (Lipinski definition) is 4. The first kappa shape index (κ1) is 14.6. The molecule has 0 saturated carbocycles. The summed E-state index contributed by atoms with van der Waals surface area (Å²) in [6.07, 6.45) is 9.42. The average molecular weight is 290 g/mol. The van der Waals surface area contributed by atoms with Gasteiger partial charge in [-0.3, -0.25) is 4.79 Å². The van der Waals surface area contributed by atoms with E-state index in [0.717, 1.165) is 25.8 Å². The minimum absolute atomic E-state index is 0.0549. The van der Waals surface area contributed by atoms with Crippen molar-refractivity contribution in [1.82, 2.24) is 14.9 Å². The number of rotatable bonds is 5. The summed E-state index contributed by atoms with van der Waals surface area (Å²) in [6, 6.07) is 1.71. The van der Waals surface area contributed by atoms with Crippen LogP contribution in [-0.4, -0.2) is 34.2 Å². The second-order valence-corrected chi connectivity index (χ2v) is 6.30. The molecule has 2 bridgehead atoms. The Balaban J connectivity index is 1.89. The Morgan fingerprint density at radius 3 is 2.67 bits per heavy atom. The molecule has 0 aromatic carbocycles. The lowest BCUT2D eigenvalue weighted by molar-refractivity contribution is 0.345. The molecule has 2 aliphatic rings. The molecule has 2 saturated heterocycles. The first-order valence-electron chi connectivity index (χ1n) is 8.31. The van der Waals surface area contributed by atoms with Crippen LogP contribution in [0.2, 0.25) is 0 Å². The van der Waals surface area contributed by atoms with Crippen molar-refractivity contribution < 1.29 is 0 Å². The molecule has 0 spiro atoms. The number of piperidine rings is 1. The number of nitrogens with zero attached hydrogens (tertiary/aromatic N) is 3. The molecule has 5 nitrogen and oxygen atoms in total. The van der Waals surface area contributed by atoms with Crippen LogP contribution in [0.3, 0.4) is 0 Å². The van der Waals surface area contributed by atoms with Gasteiger partial charge in [-0.25, -0.2) is 4.98 Å². The first-order chi connectivity index (χ1) is 10.2. The van der Waals surface area contributed by atoms with E-state index >= 15 is 0 Å². The zero-order chi connectivity index (χ0) is 14.8. The maximum absolute atomic E-state index is 12.6. The number of aromatic nitrogens is 2. The van der Waals surface area contributed by atoms with Crippen LogP contribution in [0.15, 0.2) is 17.2 Å². The lowest BCUT2D eigenvalue weighted by Gasteiger charge is -2.38. The van der Waals surface area contributed by atoms with Crippen molar-refractivity contribution in [2.24, 2.45) is 0 Å². The van der Waals surface area contributed by atoms with Gasteiger partial charge >= 0.3 is 0 Å². The second-order valence-electron chi connectivity index (χ2n) is 6.30. The van der Waals surface area contributed by atoms with Gasteiger partial charge in [-0.05, 0) is 39.0 Å². The van der Waals surface area contributed by atoms with Crippen molar-refractivity contribution in [2.75, 3.05) is 11.4 Å². The number of hydrogen-bond donors (Lipinski definition) is 1. The van der Waals surface area contributed by atoms with E-state index in [0.29, 0.717) is 30.5 Å². The monoisotopic (exact) mass is 290 g/mol. The highest BCUT2D eigenvalue weighted by atomic mass is 16.1. The van der Waals surface area contributed by atoms with E-state index in [1.807, 2.05) is 6.92 Å². The number of anilines is 1. The molecule has 2 unspecified atom stereocenters. The Labute approximate surface area is 126 Å². The molecule has 2 fully saturated rings. The van der Waals surface area contributed by atoms with Crippen molar-refractivity contribution in [3.63, 3.8) is 0 Å². The topological polar surface area (TPSA) is 50.2 Å². The summed E-state index contributed by atoms with van der Waals surface area (Å²) in [6.45, 7) is 5.79. The fourth-order valence-electron chi connectivity index (χ4n) is 3.87. The quantitative estimate of drug-likeness (QED) is 0.898. The van der Waals surface area contributed by atoms with Crippen molar-refractivity contribution >= 4 is 5.82 Å². The minimum atomic E-state index is 0.0549. The maximum Gasteiger partial charge on any atom is 0.293 e. The molecule has 0 amide bonds. The van der Waals surface area contributed by atoms with Crippen LogP contribution < -0.4 is 15.8 Å². The van der Waals surface area contributed by atoms with Gasteiger partial charge in [-0.2, -0.15) is 0 Å². The van der Waals surface area contributed by atoms with E-state index in [1.54, 1.807) is 17.0 Å². The Morgan fingerprint density at radius 2 is 2.05 bits per heavy atom. The van der Waals surface area contributed by atoms with Crippen LogP contribution in [-0.2, 0) is 6.54 Å². The highest BCUT2D eigenvalue weighted by Gasteiger charge is 2.36. The van der Waals surface area contributed by atoms with E-state index < -0.39 is 0 Å². The van der Waals surface area contributed by atoms with E-state index in [1.165, 1.54) is 12.8 Å². The highest BCUT2D eigenvalue weighted by Crippen LogP contribution is 2.30. The molecule has 0 radical (unpaired) electrons. The van der Waals surface area contributed by atoms with Crippen LogP contribution in [0.1, 0.15) is 46.0 Å². The van der Waals surface area contributed by atoms with Crippen molar-refractivity contribution in [1.29, 1.82) is 0 Å². The summed E-state index contributed by atoms with van der Waals surface area (Å²) >= 11 is 0. The van der Waals surface area contributed by atoms with Crippen LogP contribution in [0.5, 0.6) is 0 Å². The Hall–Kier alpha value is -1.36. The number of fused-ring (bicyclic) bond motifs is 2. The summed E-state index contributed by atoms with van der Waals surface area (Å²) < 4.78 is 1.75. The van der Waals surface area contributed by atoms with Crippen molar-refractivity contribution in [3.8, 4) is 0 Å². The number of aryl methyl sites for hydroxylation is 1. The van der Waals surface area contributed by atoms with Gasteiger partial charge in [-0.1, -0.05) is 6.92 Å². The molecule has 0 aliphatic carbocycles. The standard InChI is InChI=1S/C16H26N4O/c1-3-8-20(14-10-12-5-6-13(11-14)18-12)15-16(21)19(4-2)9-7-17-15/h7,9,12-14,18H,3-6,8,10-11H2,1-2H3. The molecule has 2 atom stereocenters. The fraction of sp³-hybridized carbons (Fsp3) is 0.750. The minimum Gasteiger partial charge on any atom is -0.349 e. The van der Waals surface area contributed by atoms with Gasteiger partial charge in [0.1, 0.15) is 0 Å². The zero-order valence-corrected chi connectivity index (χ0v) is 13.1. The predicted octanol–water partition coefficient (Wildman–Crippen LogP) is 1.76. The average Bonchev–Trinajstić information content (AvgIpc) is 2.84. The normalized spacial score (nSPS) is 27.8. The van der Waals surface area contributed by atoms with Gasteiger partial charge in [0.25, 0.3) is 5.56 Å². The van der Waals surface area contributed by atoms with Crippen molar-refractivity contribution in [2.45, 2.75) is 70.6 Å². The predicted molar refractivity (Wildman–Crippen MR) is 84.8 cm³/mol. The third-order valence-electron chi connectivity index (χ3n) is 4.86. The van der Waals surface area contributed by atoms with E-state index in [9.17, 15) is 4.79 Å². The number of nitrogens with one attached hydrogen (secondary N) is 1. The Kier molecular flexibility index (Phi) is 4.29. The third-order valence-corrected chi connectivity index (χ3v) is 4.86. The smallest absolute Gasteiger partial charge is 0.293 e. The molecule has 3 rings (SSSR count). The third kappa shape index (κ3) is 2.84. The van der Waals surface area contributed by atoms with Gasteiger partial charge < -0.3 is 14.8 Å². The summed E-state index contributed by atoms with van der Waals surface area (Å²) in [4.78, 5) is 19.3. The molecular weight excluding hydrogens is 264 g/mol. The van der Waals surface area contributed by atoms with Crippen LogP contribution >= 0.6 is 0 Å². The molecular formula is C16H26N4O. The lowest BCUT2D eigenvalue weighted by atomic mass is 9.98. The van der Waals surface area contributed by atoms with E-state index in [4.69, 9.17) is 0 Å². The Morgan fingerprint density at radius 1 is 1.33 bits per heavy atom. The van der Waals surface area contributed by atoms with Gasteiger partial charge in [0, 0.05) is 43.6 Å². The summed E-state index contributed by atoms with van der Waals surface area (Å²) in [7, 11) is 0. The van der Waals surface area contributed by atoms with Crippen LogP contribution in [0.4, 0.5) is 5.82 Å².